The molecule has 1 unspecified atom stereocenters. The first-order valence-electron chi connectivity index (χ1n) is 9.76. The Hall–Kier alpha value is -2.38. The number of nitrogens with two attached hydrogens (primary N) is 1. The van der Waals surface area contributed by atoms with Crippen molar-refractivity contribution in [1.82, 2.24) is 9.97 Å². The molecule has 7 heteroatoms. The molecule has 0 saturated heterocycles. The second-order valence-corrected chi connectivity index (χ2v) is 8.43. The summed E-state index contributed by atoms with van der Waals surface area (Å²) in [6, 6.07) is 13.3. The standard InChI is InChI=1S/C23H24F3N3S/c1-4-18(27)20-12-19(28-13-29-20)15-9-10-22(17(11-15)23(24,25)26)30-21-8-6-5-7-16(21)14(2)3/h5-14,18H,4,27H2,1-3H3. The first-order valence-corrected chi connectivity index (χ1v) is 10.6. The zero-order valence-corrected chi connectivity index (χ0v) is 17.9. The lowest BCUT2D eigenvalue weighted by Gasteiger charge is -2.17. The van der Waals surface area contributed by atoms with Crippen LogP contribution >= 0.6 is 11.8 Å². The second kappa shape index (κ2) is 9.18. The fourth-order valence-corrected chi connectivity index (χ4v) is 4.34. The third kappa shape index (κ3) is 5.02. The van der Waals surface area contributed by atoms with E-state index in [4.69, 9.17) is 5.73 Å². The van der Waals surface area contributed by atoms with E-state index in [1.807, 2.05) is 45.0 Å². The Morgan fingerprint density at radius 3 is 2.40 bits per heavy atom. The fourth-order valence-electron chi connectivity index (χ4n) is 3.11. The molecule has 3 rings (SSSR count). The van der Waals surface area contributed by atoms with E-state index in [9.17, 15) is 13.2 Å². The van der Waals surface area contributed by atoms with E-state index < -0.39 is 11.7 Å². The average molecular weight is 432 g/mol. The molecule has 1 aromatic heterocycles. The molecule has 0 fully saturated rings. The third-order valence-electron chi connectivity index (χ3n) is 4.85. The van der Waals surface area contributed by atoms with Gasteiger partial charge in [0.15, 0.2) is 0 Å². The van der Waals surface area contributed by atoms with Gasteiger partial charge in [-0.25, -0.2) is 9.97 Å². The van der Waals surface area contributed by atoms with E-state index >= 15 is 0 Å². The summed E-state index contributed by atoms with van der Waals surface area (Å²) >= 11 is 1.14. The number of nitrogens with zero attached hydrogens (tertiary/aromatic N) is 2. The molecule has 0 spiro atoms. The maximum Gasteiger partial charge on any atom is 0.417 e. The summed E-state index contributed by atoms with van der Waals surface area (Å²) in [6.07, 6.45) is -2.47. The molecule has 0 aliphatic heterocycles. The van der Waals surface area contributed by atoms with E-state index in [-0.39, 0.29) is 16.9 Å². The smallest absolute Gasteiger partial charge is 0.323 e. The van der Waals surface area contributed by atoms with Gasteiger partial charge in [-0.2, -0.15) is 13.2 Å². The van der Waals surface area contributed by atoms with E-state index in [2.05, 4.69) is 9.97 Å². The van der Waals surface area contributed by atoms with E-state index in [0.29, 0.717) is 23.4 Å². The van der Waals surface area contributed by atoms with Crippen molar-refractivity contribution in [2.45, 2.75) is 55.1 Å². The van der Waals surface area contributed by atoms with E-state index in [1.54, 1.807) is 12.1 Å². The van der Waals surface area contributed by atoms with Gasteiger partial charge >= 0.3 is 6.18 Å². The van der Waals surface area contributed by atoms with Crippen molar-refractivity contribution in [2.24, 2.45) is 5.73 Å². The predicted molar refractivity (Wildman–Crippen MR) is 114 cm³/mol. The molecular formula is C23H24F3N3S. The van der Waals surface area contributed by atoms with Crippen molar-refractivity contribution in [3.63, 3.8) is 0 Å². The third-order valence-corrected chi connectivity index (χ3v) is 6.02. The highest BCUT2D eigenvalue weighted by molar-refractivity contribution is 7.99. The van der Waals surface area contributed by atoms with Gasteiger partial charge in [0, 0.05) is 21.4 Å². The van der Waals surface area contributed by atoms with Crippen LogP contribution in [0.25, 0.3) is 11.3 Å². The van der Waals surface area contributed by atoms with Gasteiger partial charge in [0.25, 0.3) is 0 Å². The van der Waals surface area contributed by atoms with Crippen LogP contribution in [0.3, 0.4) is 0 Å². The topological polar surface area (TPSA) is 51.8 Å². The first-order chi connectivity index (χ1) is 14.2. The normalized spacial score (nSPS) is 12.9. The van der Waals surface area contributed by atoms with Crippen LogP contribution in [-0.2, 0) is 6.18 Å². The van der Waals surface area contributed by atoms with Gasteiger partial charge in [-0.3, -0.25) is 0 Å². The number of halogens is 3. The quantitative estimate of drug-likeness (QED) is 0.464. The largest absolute Gasteiger partial charge is 0.417 e. The minimum absolute atomic E-state index is 0.166. The second-order valence-electron chi connectivity index (χ2n) is 7.35. The van der Waals surface area contributed by atoms with Gasteiger partial charge in [-0.1, -0.05) is 56.8 Å². The lowest BCUT2D eigenvalue weighted by Crippen LogP contribution is -2.11. The molecule has 0 bridgehead atoms. The molecule has 0 aliphatic rings. The van der Waals surface area contributed by atoms with Gasteiger partial charge in [-0.15, -0.1) is 0 Å². The zero-order chi connectivity index (χ0) is 21.9. The SMILES string of the molecule is CCC(N)c1cc(-c2ccc(Sc3ccccc3C(C)C)c(C(F)(F)F)c2)ncn1. The summed E-state index contributed by atoms with van der Waals surface area (Å²) in [4.78, 5) is 9.29. The van der Waals surface area contributed by atoms with Crippen LogP contribution in [0.5, 0.6) is 0 Å². The lowest BCUT2D eigenvalue weighted by molar-refractivity contribution is -0.139. The van der Waals surface area contributed by atoms with Crippen LogP contribution in [0.1, 0.15) is 56.0 Å². The summed E-state index contributed by atoms with van der Waals surface area (Å²) in [7, 11) is 0. The Morgan fingerprint density at radius 2 is 1.73 bits per heavy atom. The van der Waals surface area contributed by atoms with E-state index in [0.717, 1.165) is 28.3 Å². The van der Waals surface area contributed by atoms with Gasteiger partial charge in [-0.05, 0) is 42.2 Å². The predicted octanol–water partition coefficient (Wildman–Crippen LogP) is 6.85. The minimum atomic E-state index is -4.49. The maximum atomic E-state index is 13.9. The first kappa shape index (κ1) is 22.3. The molecule has 3 aromatic rings. The number of aromatic nitrogens is 2. The molecule has 158 valence electrons. The summed E-state index contributed by atoms with van der Waals surface area (Å²) in [6.45, 7) is 5.98. The number of alkyl halides is 3. The average Bonchev–Trinajstić information content (AvgIpc) is 2.73. The minimum Gasteiger partial charge on any atom is -0.323 e. The van der Waals surface area contributed by atoms with Gasteiger partial charge < -0.3 is 5.73 Å². The molecule has 0 aliphatic carbocycles. The van der Waals surface area contributed by atoms with Gasteiger partial charge in [0.2, 0.25) is 0 Å². The van der Waals surface area contributed by atoms with Crippen LogP contribution in [0.4, 0.5) is 13.2 Å². The summed E-state index contributed by atoms with van der Waals surface area (Å²) in [5.41, 5.74) is 7.78. The maximum absolute atomic E-state index is 13.9. The summed E-state index contributed by atoms with van der Waals surface area (Å²) in [5.74, 6) is 0.213. The molecule has 0 amide bonds. The molecule has 0 saturated carbocycles. The zero-order valence-electron chi connectivity index (χ0n) is 17.1. The van der Waals surface area contributed by atoms with Crippen LogP contribution < -0.4 is 5.73 Å². The Kier molecular flexibility index (Phi) is 6.83. The highest BCUT2D eigenvalue weighted by Crippen LogP contribution is 2.43. The fraction of sp³-hybridized carbons (Fsp3) is 0.304. The molecule has 3 nitrogen and oxygen atoms in total. The highest BCUT2D eigenvalue weighted by Gasteiger charge is 2.34. The van der Waals surface area contributed by atoms with Crippen LogP contribution in [-0.4, -0.2) is 9.97 Å². The highest BCUT2D eigenvalue weighted by atomic mass is 32.2. The number of rotatable bonds is 6. The van der Waals surface area contributed by atoms with Crippen LogP contribution in [0.15, 0.2) is 64.6 Å². The molecular weight excluding hydrogens is 407 g/mol. The summed E-state index contributed by atoms with van der Waals surface area (Å²) < 4.78 is 41.7. The Morgan fingerprint density at radius 1 is 1.00 bits per heavy atom. The molecule has 1 atom stereocenters. The number of hydrogen-bond acceptors (Lipinski definition) is 4. The van der Waals surface area contributed by atoms with Crippen molar-refractivity contribution in [2.75, 3.05) is 0 Å². The van der Waals surface area contributed by atoms with Crippen LogP contribution in [0.2, 0.25) is 0 Å². The van der Waals surface area contributed by atoms with Crippen molar-refractivity contribution in [3.05, 3.63) is 71.7 Å². The molecule has 2 aromatic carbocycles. The van der Waals surface area contributed by atoms with Gasteiger partial charge in [0.1, 0.15) is 6.33 Å². The van der Waals surface area contributed by atoms with E-state index in [1.165, 1.54) is 12.4 Å². The van der Waals surface area contributed by atoms with Crippen LogP contribution in [0, 0.1) is 0 Å². The Labute approximate surface area is 178 Å². The van der Waals surface area contributed by atoms with Gasteiger partial charge in [0.05, 0.1) is 17.0 Å². The molecule has 30 heavy (non-hydrogen) atoms. The summed E-state index contributed by atoms with van der Waals surface area (Å²) in [5, 5.41) is 0. The number of hydrogen-bond donors (Lipinski definition) is 1. The monoisotopic (exact) mass is 431 g/mol. The number of benzene rings is 2. The Bertz CT molecular complexity index is 1020. The van der Waals surface area contributed by atoms with Crippen molar-refractivity contribution < 1.29 is 13.2 Å². The van der Waals surface area contributed by atoms with Crippen molar-refractivity contribution in [3.8, 4) is 11.3 Å². The molecule has 0 radical (unpaired) electrons. The van der Waals surface area contributed by atoms with Crippen molar-refractivity contribution >= 4 is 11.8 Å². The van der Waals surface area contributed by atoms with Crippen molar-refractivity contribution in [1.29, 1.82) is 0 Å². The molecule has 1 heterocycles. The molecule has 2 N–H and O–H groups in total. The Balaban J connectivity index is 2.04. The lowest BCUT2D eigenvalue weighted by atomic mass is 10.0.